The van der Waals surface area contributed by atoms with Gasteiger partial charge in [0.05, 0.1) is 11.0 Å². The molecule has 3 aromatic rings. The lowest BCUT2D eigenvalue weighted by atomic mass is 10.1. The van der Waals surface area contributed by atoms with E-state index in [4.69, 9.17) is 4.74 Å². The van der Waals surface area contributed by atoms with Gasteiger partial charge in [0.15, 0.2) is 0 Å². The summed E-state index contributed by atoms with van der Waals surface area (Å²) < 4.78 is 8.93. The van der Waals surface area contributed by atoms with Crippen molar-refractivity contribution in [3.05, 3.63) is 64.1 Å². The second-order valence-corrected chi connectivity index (χ2v) is 7.25. The van der Waals surface area contributed by atoms with Crippen LogP contribution in [0.3, 0.4) is 0 Å². The molecule has 3 N–H and O–H groups in total. The number of ether oxygens (including phenoxy) is 1. The zero-order valence-corrected chi connectivity index (χ0v) is 17.3. The lowest BCUT2D eigenvalue weighted by molar-refractivity contribution is 0.108. The van der Waals surface area contributed by atoms with E-state index >= 15 is 0 Å². The highest BCUT2D eigenvalue weighted by Gasteiger charge is 2.13. The summed E-state index contributed by atoms with van der Waals surface area (Å²) in [5, 5.41) is 17.1. The van der Waals surface area contributed by atoms with Gasteiger partial charge in [0.1, 0.15) is 18.5 Å². The summed E-state index contributed by atoms with van der Waals surface area (Å²) in [4.78, 5) is 12.1. The Morgan fingerprint density at radius 2 is 1.76 bits per heavy atom. The van der Waals surface area contributed by atoms with E-state index in [2.05, 4.69) is 10.6 Å². The predicted octanol–water partition coefficient (Wildman–Crippen LogP) is 1.69. The van der Waals surface area contributed by atoms with Gasteiger partial charge in [0, 0.05) is 20.6 Å². The second-order valence-electron chi connectivity index (χ2n) is 7.25. The van der Waals surface area contributed by atoms with E-state index in [1.165, 1.54) is 5.56 Å². The van der Waals surface area contributed by atoms with Crippen molar-refractivity contribution < 1.29 is 9.84 Å². The monoisotopic (exact) mass is 398 g/mol. The zero-order chi connectivity index (χ0) is 20.8. The highest BCUT2D eigenvalue weighted by atomic mass is 16.5. The Kier molecular flexibility index (Phi) is 7.09. The van der Waals surface area contributed by atoms with Crippen molar-refractivity contribution in [1.29, 1.82) is 0 Å². The molecule has 156 valence electrons. The molecule has 0 spiro atoms. The van der Waals surface area contributed by atoms with Crippen LogP contribution in [0.1, 0.15) is 23.7 Å². The smallest absolute Gasteiger partial charge is 0.328 e. The fourth-order valence-corrected chi connectivity index (χ4v) is 3.33. The molecule has 1 heterocycles. The number of aliphatic hydroxyl groups is 1. The first-order chi connectivity index (χ1) is 14.0. The number of nitrogens with one attached hydrogen (secondary N) is 2. The molecule has 29 heavy (non-hydrogen) atoms. The second kappa shape index (κ2) is 9.73. The topological polar surface area (TPSA) is 80.4 Å². The van der Waals surface area contributed by atoms with Crippen molar-refractivity contribution in [3.8, 4) is 5.75 Å². The molecular weight excluding hydrogens is 368 g/mol. The van der Waals surface area contributed by atoms with Crippen LogP contribution in [0.2, 0.25) is 0 Å². The van der Waals surface area contributed by atoms with Crippen molar-refractivity contribution in [2.45, 2.75) is 19.1 Å². The van der Waals surface area contributed by atoms with Crippen molar-refractivity contribution in [2.24, 2.45) is 14.1 Å². The van der Waals surface area contributed by atoms with Gasteiger partial charge < -0.3 is 20.5 Å². The molecule has 2 aromatic carbocycles. The van der Waals surface area contributed by atoms with E-state index in [9.17, 15) is 9.90 Å². The number of rotatable bonds is 10. The van der Waals surface area contributed by atoms with Crippen LogP contribution in [0.25, 0.3) is 11.0 Å². The number of aliphatic hydroxyl groups excluding tert-OH is 1. The van der Waals surface area contributed by atoms with Crippen molar-refractivity contribution >= 4 is 11.0 Å². The SMILES string of the molecule is CNCCCNCc1ccc(OC[C@@H](O)c2ccc3c(c2)n(C)c(=O)n3C)cc1. The molecule has 0 amide bonds. The molecule has 0 fully saturated rings. The van der Waals surface area contributed by atoms with Crippen LogP contribution < -0.4 is 21.1 Å². The first kappa shape index (κ1) is 21.1. The van der Waals surface area contributed by atoms with Crippen LogP contribution in [-0.2, 0) is 20.6 Å². The summed E-state index contributed by atoms with van der Waals surface area (Å²) in [6, 6.07) is 13.4. The van der Waals surface area contributed by atoms with Crippen molar-refractivity contribution in [3.63, 3.8) is 0 Å². The van der Waals surface area contributed by atoms with Gasteiger partial charge in [-0.15, -0.1) is 0 Å². The molecule has 3 rings (SSSR count). The number of aromatic nitrogens is 2. The predicted molar refractivity (Wildman–Crippen MR) is 115 cm³/mol. The molecule has 0 unspecified atom stereocenters. The molecule has 7 heteroatoms. The Bertz CT molecular complexity index is 992. The summed E-state index contributed by atoms with van der Waals surface area (Å²) in [5.74, 6) is 0.719. The van der Waals surface area contributed by atoms with E-state index in [0.29, 0.717) is 0 Å². The van der Waals surface area contributed by atoms with Crippen LogP contribution in [0, 0.1) is 0 Å². The largest absolute Gasteiger partial charge is 0.491 e. The highest BCUT2D eigenvalue weighted by Crippen LogP contribution is 2.21. The number of imidazole rings is 1. The number of fused-ring (bicyclic) bond motifs is 1. The van der Waals surface area contributed by atoms with E-state index < -0.39 is 6.10 Å². The molecule has 0 bridgehead atoms. The molecule has 0 radical (unpaired) electrons. The van der Waals surface area contributed by atoms with Crippen LogP contribution in [0.4, 0.5) is 0 Å². The number of nitrogens with zero attached hydrogens (tertiary/aromatic N) is 2. The number of hydrogen-bond donors (Lipinski definition) is 3. The first-order valence-electron chi connectivity index (χ1n) is 9.91. The summed E-state index contributed by atoms with van der Waals surface area (Å²) in [6.07, 6.45) is 0.321. The van der Waals surface area contributed by atoms with Gasteiger partial charge >= 0.3 is 5.69 Å². The van der Waals surface area contributed by atoms with Gasteiger partial charge in [0.25, 0.3) is 0 Å². The number of hydrogen-bond acceptors (Lipinski definition) is 5. The Labute approximate surface area is 170 Å². The molecule has 0 aliphatic heterocycles. The van der Waals surface area contributed by atoms with E-state index in [1.807, 2.05) is 49.5 Å². The summed E-state index contributed by atoms with van der Waals surface area (Å²) in [5.41, 5.74) is 3.46. The van der Waals surface area contributed by atoms with E-state index in [-0.39, 0.29) is 12.3 Å². The van der Waals surface area contributed by atoms with Gasteiger partial charge in [-0.25, -0.2) is 4.79 Å². The van der Waals surface area contributed by atoms with Crippen LogP contribution in [0.5, 0.6) is 5.75 Å². The summed E-state index contributed by atoms with van der Waals surface area (Å²) in [7, 11) is 5.43. The zero-order valence-electron chi connectivity index (χ0n) is 17.3. The van der Waals surface area contributed by atoms with E-state index in [1.54, 1.807) is 23.2 Å². The average molecular weight is 399 g/mol. The molecule has 0 aliphatic carbocycles. The van der Waals surface area contributed by atoms with Crippen molar-refractivity contribution in [2.75, 3.05) is 26.7 Å². The van der Waals surface area contributed by atoms with E-state index in [0.717, 1.165) is 48.4 Å². The van der Waals surface area contributed by atoms with Gasteiger partial charge in [-0.2, -0.15) is 0 Å². The quantitative estimate of drug-likeness (QED) is 0.453. The third-order valence-corrected chi connectivity index (χ3v) is 5.12. The third-order valence-electron chi connectivity index (χ3n) is 5.12. The maximum atomic E-state index is 12.1. The highest BCUT2D eigenvalue weighted by molar-refractivity contribution is 5.76. The normalized spacial score (nSPS) is 12.4. The van der Waals surface area contributed by atoms with Gasteiger partial charge in [-0.05, 0) is 62.0 Å². The summed E-state index contributed by atoms with van der Waals surface area (Å²) in [6.45, 7) is 2.95. The first-order valence-corrected chi connectivity index (χ1v) is 9.91. The Balaban J connectivity index is 1.55. The maximum absolute atomic E-state index is 12.1. The molecule has 7 nitrogen and oxygen atoms in total. The molecule has 0 saturated carbocycles. The van der Waals surface area contributed by atoms with Crippen LogP contribution >= 0.6 is 0 Å². The minimum atomic E-state index is -0.775. The fraction of sp³-hybridized carbons (Fsp3) is 0.409. The number of aryl methyl sites for hydroxylation is 2. The minimum Gasteiger partial charge on any atom is -0.491 e. The average Bonchev–Trinajstić information content (AvgIpc) is 2.96. The molecule has 1 atom stereocenters. The Hall–Kier alpha value is -2.61. The van der Waals surface area contributed by atoms with Gasteiger partial charge in [-0.3, -0.25) is 9.13 Å². The van der Waals surface area contributed by atoms with Crippen LogP contribution in [0.15, 0.2) is 47.3 Å². The maximum Gasteiger partial charge on any atom is 0.328 e. The van der Waals surface area contributed by atoms with Gasteiger partial charge in [0.2, 0.25) is 0 Å². The lowest BCUT2D eigenvalue weighted by Crippen LogP contribution is -2.19. The third kappa shape index (κ3) is 5.06. The molecule has 0 aliphatic rings. The fourth-order valence-electron chi connectivity index (χ4n) is 3.33. The Morgan fingerprint density at radius 1 is 1.03 bits per heavy atom. The minimum absolute atomic E-state index is 0.0838. The lowest BCUT2D eigenvalue weighted by Gasteiger charge is -2.13. The molecule has 0 saturated heterocycles. The van der Waals surface area contributed by atoms with Crippen molar-refractivity contribution in [1.82, 2.24) is 19.8 Å². The number of benzene rings is 2. The summed E-state index contributed by atoms with van der Waals surface area (Å²) >= 11 is 0. The molecule has 1 aromatic heterocycles. The Morgan fingerprint density at radius 3 is 2.48 bits per heavy atom. The van der Waals surface area contributed by atoms with Gasteiger partial charge in [-0.1, -0.05) is 18.2 Å². The van der Waals surface area contributed by atoms with Crippen LogP contribution in [-0.4, -0.2) is 41.0 Å². The molecular formula is C22H30N4O3. The standard InChI is InChI=1S/C22H30N4O3/c1-23-11-4-12-24-14-16-5-8-18(9-6-16)29-15-21(27)17-7-10-19-20(13-17)26(3)22(28)25(19)2/h5-10,13,21,23-24,27H,4,11-12,14-15H2,1-3H3/t21-/m1/s1.